The molecule has 1 N–H and O–H groups in total. The van der Waals surface area contributed by atoms with Crippen molar-refractivity contribution in [3.63, 3.8) is 0 Å². The van der Waals surface area contributed by atoms with Gasteiger partial charge in [0, 0.05) is 19.2 Å². The molecule has 4 nitrogen and oxygen atoms in total. The quantitative estimate of drug-likeness (QED) is 0.852. The highest BCUT2D eigenvalue weighted by Gasteiger charge is 2.36. The number of carbonyl (C=O) groups excluding carboxylic acids is 2. The summed E-state index contributed by atoms with van der Waals surface area (Å²) in [5.41, 5.74) is 1.75. The zero-order chi connectivity index (χ0) is 17.6. The number of rotatable bonds is 5. The predicted octanol–water partition coefficient (Wildman–Crippen LogP) is 2.76. The van der Waals surface area contributed by atoms with Gasteiger partial charge >= 0.3 is 0 Å². The van der Waals surface area contributed by atoms with Gasteiger partial charge in [-0.15, -0.1) is 0 Å². The van der Waals surface area contributed by atoms with Crippen LogP contribution >= 0.6 is 0 Å². The van der Waals surface area contributed by atoms with Gasteiger partial charge in [0.05, 0.1) is 0 Å². The highest BCUT2D eigenvalue weighted by Crippen LogP contribution is 2.18. The molecular formula is C20H19FN2O2. The SMILES string of the molecule is O=C(NCc1ccc(F)cc1)C1CCN1C(=O)C=Cc1ccccc1. The van der Waals surface area contributed by atoms with E-state index in [1.54, 1.807) is 23.1 Å². The number of likely N-dealkylation sites (tertiary alicyclic amines) is 1. The molecule has 0 aliphatic carbocycles. The number of amides is 2. The first-order valence-electron chi connectivity index (χ1n) is 8.19. The third kappa shape index (κ3) is 4.32. The zero-order valence-corrected chi connectivity index (χ0v) is 13.7. The van der Waals surface area contributed by atoms with Crippen LogP contribution < -0.4 is 5.32 Å². The molecule has 3 rings (SSSR count). The summed E-state index contributed by atoms with van der Waals surface area (Å²) in [6, 6.07) is 15.1. The molecule has 0 bridgehead atoms. The molecule has 128 valence electrons. The smallest absolute Gasteiger partial charge is 0.247 e. The number of hydrogen-bond acceptors (Lipinski definition) is 2. The highest BCUT2D eigenvalue weighted by atomic mass is 19.1. The standard InChI is InChI=1S/C20H19FN2O2/c21-17-9-6-16(7-10-17)14-22-20(25)18-12-13-23(18)19(24)11-8-15-4-2-1-3-5-15/h1-11,18H,12-14H2,(H,22,25). The van der Waals surface area contributed by atoms with Gasteiger partial charge in [0.25, 0.3) is 0 Å². The van der Waals surface area contributed by atoms with Crippen molar-refractivity contribution in [2.45, 2.75) is 19.0 Å². The van der Waals surface area contributed by atoms with E-state index < -0.39 is 6.04 Å². The van der Waals surface area contributed by atoms with Gasteiger partial charge in [0.1, 0.15) is 11.9 Å². The van der Waals surface area contributed by atoms with Gasteiger partial charge in [-0.2, -0.15) is 0 Å². The van der Waals surface area contributed by atoms with Crippen LogP contribution in [0, 0.1) is 5.82 Å². The molecule has 1 aliphatic heterocycles. The maximum absolute atomic E-state index is 12.9. The molecule has 0 spiro atoms. The van der Waals surface area contributed by atoms with Crippen molar-refractivity contribution in [3.05, 3.63) is 77.6 Å². The molecule has 2 aromatic carbocycles. The largest absolute Gasteiger partial charge is 0.350 e. The second-order valence-corrected chi connectivity index (χ2v) is 5.92. The Labute approximate surface area is 146 Å². The minimum absolute atomic E-state index is 0.169. The molecule has 0 aromatic heterocycles. The first kappa shape index (κ1) is 16.9. The molecule has 1 fully saturated rings. The first-order chi connectivity index (χ1) is 12.1. The van der Waals surface area contributed by atoms with Crippen LogP contribution in [0.1, 0.15) is 17.5 Å². The van der Waals surface area contributed by atoms with E-state index in [9.17, 15) is 14.0 Å². The van der Waals surface area contributed by atoms with Crippen molar-refractivity contribution in [3.8, 4) is 0 Å². The number of carbonyl (C=O) groups is 2. The molecule has 2 amide bonds. The molecule has 1 atom stereocenters. The highest BCUT2D eigenvalue weighted by molar-refractivity contribution is 5.96. The third-order valence-electron chi connectivity index (χ3n) is 4.20. The van der Waals surface area contributed by atoms with Crippen LogP contribution in [0.3, 0.4) is 0 Å². The van der Waals surface area contributed by atoms with E-state index in [1.807, 2.05) is 30.3 Å². The van der Waals surface area contributed by atoms with Crippen molar-refractivity contribution in [2.24, 2.45) is 0 Å². The van der Waals surface area contributed by atoms with Crippen LogP contribution in [0.25, 0.3) is 6.08 Å². The van der Waals surface area contributed by atoms with Gasteiger partial charge in [0.2, 0.25) is 11.8 Å². The van der Waals surface area contributed by atoms with E-state index in [0.717, 1.165) is 11.1 Å². The van der Waals surface area contributed by atoms with Crippen LogP contribution in [0.15, 0.2) is 60.7 Å². The molecule has 1 aliphatic rings. The second-order valence-electron chi connectivity index (χ2n) is 5.92. The van der Waals surface area contributed by atoms with E-state index in [1.165, 1.54) is 18.2 Å². The number of benzene rings is 2. The lowest BCUT2D eigenvalue weighted by molar-refractivity contribution is -0.143. The summed E-state index contributed by atoms with van der Waals surface area (Å²) in [6.07, 6.45) is 3.89. The Morgan fingerprint density at radius 2 is 1.84 bits per heavy atom. The fourth-order valence-corrected chi connectivity index (χ4v) is 2.66. The van der Waals surface area contributed by atoms with Crippen LogP contribution in [-0.4, -0.2) is 29.3 Å². The Morgan fingerprint density at radius 1 is 1.12 bits per heavy atom. The maximum Gasteiger partial charge on any atom is 0.247 e. The summed E-state index contributed by atoms with van der Waals surface area (Å²) in [5.74, 6) is -0.662. The molecule has 5 heteroatoms. The van der Waals surface area contributed by atoms with Crippen molar-refractivity contribution < 1.29 is 14.0 Å². The molecule has 1 saturated heterocycles. The molecule has 0 saturated carbocycles. The summed E-state index contributed by atoms with van der Waals surface area (Å²) >= 11 is 0. The van der Waals surface area contributed by atoms with E-state index >= 15 is 0 Å². The minimum Gasteiger partial charge on any atom is -0.350 e. The average Bonchev–Trinajstić information content (AvgIpc) is 2.59. The molecule has 1 heterocycles. The molecule has 25 heavy (non-hydrogen) atoms. The molecule has 2 aromatic rings. The lowest BCUT2D eigenvalue weighted by Crippen LogP contribution is -2.57. The minimum atomic E-state index is -0.437. The Hall–Kier alpha value is -2.95. The number of nitrogens with zero attached hydrogens (tertiary/aromatic N) is 1. The van der Waals surface area contributed by atoms with Crippen molar-refractivity contribution in [1.29, 1.82) is 0 Å². The maximum atomic E-state index is 12.9. The summed E-state index contributed by atoms with van der Waals surface area (Å²) in [5, 5.41) is 2.80. The van der Waals surface area contributed by atoms with Gasteiger partial charge in [-0.05, 0) is 35.8 Å². The monoisotopic (exact) mass is 338 g/mol. The fraction of sp³-hybridized carbons (Fsp3) is 0.200. The number of nitrogens with one attached hydrogen (secondary N) is 1. The van der Waals surface area contributed by atoms with Gasteiger partial charge in [0.15, 0.2) is 0 Å². The van der Waals surface area contributed by atoms with E-state index in [2.05, 4.69) is 5.32 Å². The zero-order valence-electron chi connectivity index (χ0n) is 13.7. The summed E-state index contributed by atoms with van der Waals surface area (Å²) in [7, 11) is 0. The van der Waals surface area contributed by atoms with Gasteiger partial charge in [-0.3, -0.25) is 9.59 Å². The Kier molecular flexibility index (Phi) is 5.23. The average molecular weight is 338 g/mol. The third-order valence-corrected chi connectivity index (χ3v) is 4.20. The Balaban J connectivity index is 1.52. The topological polar surface area (TPSA) is 49.4 Å². The predicted molar refractivity (Wildman–Crippen MR) is 93.8 cm³/mol. The van der Waals surface area contributed by atoms with Crippen LogP contribution in [0.4, 0.5) is 4.39 Å². The Morgan fingerprint density at radius 3 is 2.48 bits per heavy atom. The van der Waals surface area contributed by atoms with Crippen molar-refractivity contribution in [2.75, 3.05) is 6.54 Å². The molecule has 1 unspecified atom stereocenters. The molecule has 0 radical (unpaired) electrons. The van der Waals surface area contributed by atoms with E-state index in [4.69, 9.17) is 0 Å². The number of halogens is 1. The van der Waals surface area contributed by atoms with Gasteiger partial charge in [-0.25, -0.2) is 4.39 Å². The number of hydrogen-bond donors (Lipinski definition) is 1. The fourth-order valence-electron chi connectivity index (χ4n) is 2.66. The van der Waals surface area contributed by atoms with Gasteiger partial charge in [-0.1, -0.05) is 42.5 Å². The summed E-state index contributed by atoms with van der Waals surface area (Å²) in [4.78, 5) is 26.0. The van der Waals surface area contributed by atoms with Crippen molar-refractivity contribution in [1.82, 2.24) is 10.2 Å². The first-order valence-corrected chi connectivity index (χ1v) is 8.19. The summed E-state index contributed by atoms with van der Waals surface area (Å²) in [6.45, 7) is 0.893. The van der Waals surface area contributed by atoms with E-state index in [-0.39, 0.29) is 17.6 Å². The summed E-state index contributed by atoms with van der Waals surface area (Å²) < 4.78 is 12.9. The lowest BCUT2D eigenvalue weighted by Gasteiger charge is -2.39. The van der Waals surface area contributed by atoms with Crippen LogP contribution in [0.5, 0.6) is 0 Å². The van der Waals surface area contributed by atoms with Crippen molar-refractivity contribution >= 4 is 17.9 Å². The van der Waals surface area contributed by atoms with Crippen LogP contribution in [0.2, 0.25) is 0 Å². The van der Waals surface area contributed by atoms with E-state index in [0.29, 0.717) is 19.5 Å². The van der Waals surface area contributed by atoms with Crippen LogP contribution in [-0.2, 0) is 16.1 Å². The van der Waals surface area contributed by atoms with Gasteiger partial charge < -0.3 is 10.2 Å². The second kappa shape index (κ2) is 7.75. The Bertz CT molecular complexity index is 772. The lowest BCUT2D eigenvalue weighted by atomic mass is 10.0. The normalized spacial score (nSPS) is 16.5. The molecular weight excluding hydrogens is 319 g/mol.